The molecule has 0 saturated carbocycles. The van der Waals surface area contributed by atoms with Crippen molar-refractivity contribution in [1.29, 1.82) is 0 Å². The molecule has 2 aromatic carbocycles. The van der Waals surface area contributed by atoms with Crippen molar-refractivity contribution >= 4 is 52.3 Å². The van der Waals surface area contributed by atoms with Crippen molar-refractivity contribution in [2.75, 3.05) is 5.88 Å². The number of hydrogen-bond donors (Lipinski definition) is 1. The van der Waals surface area contributed by atoms with E-state index in [1.165, 1.54) is 30.3 Å². The molecule has 0 amide bonds. The summed E-state index contributed by atoms with van der Waals surface area (Å²) in [6.07, 6.45) is 0. The third kappa shape index (κ3) is 5.22. The van der Waals surface area contributed by atoms with Crippen molar-refractivity contribution in [3.05, 3.63) is 62.1 Å². The van der Waals surface area contributed by atoms with E-state index in [1.807, 2.05) is 0 Å². The molecule has 0 spiro atoms. The van der Waals surface area contributed by atoms with E-state index in [2.05, 4.69) is 9.99 Å². The van der Waals surface area contributed by atoms with Gasteiger partial charge in [-0.2, -0.15) is 0 Å². The SMILES string of the molecule is N/C(=N\OC(=O)CCl)c1ccc(Oc2cc(Cl)cc(Cl)c2)c([N+](=O)[O-])c1. The summed E-state index contributed by atoms with van der Waals surface area (Å²) in [6, 6.07) is 8.23. The molecule has 0 heterocycles. The molecular formula is C15H10Cl3N3O5. The normalized spacial score (nSPS) is 11.1. The van der Waals surface area contributed by atoms with E-state index < -0.39 is 16.8 Å². The van der Waals surface area contributed by atoms with Crippen LogP contribution in [0.25, 0.3) is 0 Å². The van der Waals surface area contributed by atoms with Crippen molar-refractivity contribution in [3.63, 3.8) is 0 Å². The summed E-state index contributed by atoms with van der Waals surface area (Å²) in [4.78, 5) is 26.0. The van der Waals surface area contributed by atoms with Gasteiger partial charge in [0.15, 0.2) is 5.84 Å². The van der Waals surface area contributed by atoms with Gasteiger partial charge in [-0.15, -0.1) is 11.6 Å². The molecule has 0 aliphatic carbocycles. The fraction of sp³-hybridized carbons (Fsp3) is 0.0667. The predicted octanol–water partition coefficient (Wildman–Crippen LogP) is 4.10. The Morgan fingerprint density at radius 3 is 2.42 bits per heavy atom. The van der Waals surface area contributed by atoms with Gasteiger partial charge in [-0.05, 0) is 30.3 Å². The summed E-state index contributed by atoms with van der Waals surface area (Å²) < 4.78 is 5.49. The lowest BCUT2D eigenvalue weighted by molar-refractivity contribution is -0.385. The molecule has 136 valence electrons. The molecular weight excluding hydrogens is 409 g/mol. The average Bonchev–Trinajstić information content (AvgIpc) is 2.58. The fourth-order valence-electron chi connectivity index (χ4n) is 1.80. The Bertz CT molecular complexity index is 869. The lowest BCUT2D eigenvalue weighted by atomic mass is 10.1. The number of nitro groups is 1. The highest BCUT2D eigenvalue weighted by atomic mass is 35.5. The maximum atomic E-state index is 11.3. The summed E-state index contributed by atoms with van der Waals surface area (Å²) in [5.74, 6) is -1.32. The molecule has 0 unspecified atom stereocenters. The van der Waals surface area contributed by atoms with Crippen molar-refractivity contribution in [3.8, 4) is 11.5 Å². The molecule has 0 radical (unpaired) electrons. The quantitative estimate of drug-likeness (QED) is 0.188. The van der Waals surface area contributed by atoms with Crippen molar-refractivity contribution < 1.29 is 19.3 Å². The number of amidine groups is 1. The fourth-order valence-corrected chi connectivity index (χ4v) is 2.35. The smallest absolute Gasteiger partial charge is 0.349 e. The number of nitrogens with two attached hydrogens (primary N) is 1. The minimum Gasteiger partial charge on any atom is -0.450 e. The van der Waals surface area contributed by atoms with Gasteiger partial charge in [-0.3, -0.25) is 10.1 Å². The molecule has 26 heavy (non-hydrogen) atoms. The second-order valence-corrected chi connectivity index (χ2v) is 5.86. The Morgan fingerprint density at radius 1 is 1.19 bits per heavy atom. The molecule has 0 bridgehead atoms. The first-order chi connectivity index (χ1) is 12.3. The molecule has 0 fully saturated rings. The third-order valence-electron chi connectivity index (χ3n) is 2.87. The van der Waals surface area contributed by atoms with E-state index in [0.717, 1.165) is 6.07 Å². The largest absolute Gasteiger partial charge is 0.450 e. The zero-order valence-corrected chi connectivity index (χ0v) is 15.1. The van der Waals surface area contributed by atoms with Gasteiger partial charge in [0.05, 0.1) is 4.92 Å². The molecule has 11 heteroatoms. The minimum absolute atomic E-state index is 0.0670. The van der Waals surface area contributed by atoms with Gasteiger partial charge in [-0.1, -0.05) is 28.4 Å². The Morgan fingerprint density at radius 2 is 1.85 bits per heavy atom. The first kappa shape index (κ1) is 19.8. The Kier molecular flexibility index (Phi) is 6.62. The van der Waals surface area contributed by atoms with E-state index in [4.69, 9.17) is 45.3 Å². The van der Waals surface area contributed by atoms with Gasteiger partial charge < -0.3 is 15.3 Å². The van der Waals surface area contributed by atoms with E-state index in [-0.39, 0.29) is 28.6 Å². The summed E-state index contributed by atoms with van der Waals surface area (Å²) in [7, 11) is 0. The van der Waals surface area contributed by atoms with Crippen LogP contribution >= 0.6 is 34.8 Å². The van der Waals surface area contributed by atoms with Crippen LogP contribution in [0.1, 0.15) is 5.56 Å². The molecule has 2 rings (SSSR count). The topological polar surface area (TPSA) is 117 Å². The average molecular weight is 419 g/mol. The molecule has 0 aliphatic rings. The molecule has 0 aromatic heterocycles. The van der Waals surface area contributed by atoms with Crippen molar-refractivity contribution in [1.82, 2.24) is 0 Å². The number of ether oxygens (including phenoxy) is 1. The second kappa shape index (κ2) is 8.70. The van der Waals surface area contributed by atoms with Crippen LogP contribution in [0.2, 0.25) is 10.0 Å². The predicted molar refractivity (Wildman–Crippen MR) is 97.2 cm³/mol. The summed E-state index contributed by atoms with van der Waals surface area (Å²) >= 11 is 17.0. The van der Waals surface area contributed by atoms with Crippen LogP contribution < -0.4 is 10.5 Å². The van der Waals surface area contributed by atoms with Gasteiger partial charge in [0, 0.05) is 21.7 Å². The number of nitrogens with zero attached hydrogens (tertiary/aromatic N) is 2. The van der Waals surface area contributed by atoms with E-state index in [9.17, 15) is 14.9 Å². The van der Waals surface area contributed by atoms with E-state index >= 15 is 0 Å². The molecule has 0 atom stereocenters. The monoisotopic (exact) mass is 417 g/mol. The number of rotatable bonds is 6. The molecule has 2 aromatic rings. The number of benzene rings is 2. The van der Waals surface area contributed by atoms with Crippen LogP contribution in [0.3, 0.4) is 0 Å². The maximum Gasteiger partial charge on any atom is 0.349 e. The van der Waals surface area contributed by atoms with Crippen molar-refractivity contribution in [2.45, 2.75) is 0 Å². The van der Waals surface area contributed by atoms with Crippen LogP contribution in [0, 0.1) is 10.1 Å². The van der Waals surface area contributed by atoms with Crippen LogP contribution in [0.4, 0.5) is 5.69 Å². The van der Waals surface area contributed by atoms with Gasteiger partial charge >= 0.3 is 11.7 Å². The summed E-state index contributed by atoms with van der Waals surface area (Å²) in [5.41, 5.74) is 5.40. The zero-order valence-electron chi connectivity index (χ0n) is 12.8. The number of hydrogen-bond acceptors (Lipinski definition) is 6. The first-order valence-corrected chi connectivity index (χ1v) is 8.11. The molecule has 0 saturated heterocycles. The number of nitro benzene ring substituents is 1. The molecule has 2 N–H and O–H groups in total. The Hall–Kier alpha value is -2.55. The highest BCUT2D eigenvalue weighted by Gasteiger charge is 2.19. The van der Waals surface area contributed by atoms with Gasteiger partial charge in [0.1, 0.15) is 11.6 Å². The number of alkyl halides is 1. The number of carbonyl (C=O) groups is 1. The van der Waals surface area contributed by atoms with Crippen LogP contribution in [-0.2, 0) is 9.63 Å². The zero-order chi connectivity index (χ0) is 19.3. The maximum absolute atomic E-state index is 11.3. The Labute approximate surface area is 162 Å². The second-order valence-electron chi connectivity index (χ2n) is 4.72. The van der Waals surface area contributed by atoms with Crippen molar-refractivity contribution in [2.24, 2.45) is 10.9 Å². The van der Waals surface area contributed by atoms with Crippen LogP contribution in [-0.4, -0.2) is 22.6 Å². The minimum atomic E-state index is -0.818. The summed E-state index contributed by atoms with van der Waals surface area (Å²) in [6.45, 7) is 0. The number of halogens is 3. The highest BCUT2D eigenvalue weighted by molar-refractivity contribution is 6.34. The standard InChI is InChI=1S/C15H10Cl3N3O5/c16-7-14(22)26-20-15(19)8-1-2-13(12(3-8)21(23)24)25-11-5-9(17)4-10(18)6-11/h1-6H,7H2,(H2,19,20). The van der Waals surface area contributed by atoms with E-state index in [1.54, 1.807) is 0 Å². The van der Waals surface area contributed by atoms with Gasteiger partial charge in [-0.25, -0.2) is 4.79 Å². The van der Waals surface area contributed by atoms with Gasteiger partial charge in [0.25, 0.3) is 0 Å². The van der Waals surface area contributed by atoms with E-state index in [0.29, 0.717) is 10.0 Å². The lowest BCUT2D eigenvalue weighted by Gasteiger charge is -2.08. The summed E-state index contributed by atoms with van der Waals surface area (Å²) in [5, 5.41) is 15.3. The third-order valence-corrected chi connectivity index (χ3v) is 3.52. The number of oxime groups is 1. The number of carbonyl (C=O) groups excluding carboxylic acids is 1. The van der Waals surface area contributed by atoms with Crippen LogP contribution in [0.15, 0.2) is 41.6 Å². The first-order valence-electron chi connectivity index (χ1n) is 6.82. The highest BCUT2D eigenvalue weighted by Crippen LogP contribution is 2.34. The molecule has 0 aliphatic heterocycles. The molecule has 8 nitrogen and oxygen atoms in total. The lowest BCUT2D eigenvalue weighted by Crippen LogP contribution is -2.15. The van der Waals surface area contributed by atoms with Gasteiger partial charge in [0.2, 0.25) is 5.75 Å². The van der Waals surface area contributed by atoms with Crippen LogP contribution in [0.5, 0.6) is 11.5 Å². The Balaban J connectivity index is 2.34.